The predicted molar refractivity (Wildman–Crippen MR) is 78.0 cm³/mol. The molecule has 5 nitrogen and oxygen atoms in total. The van der Waals surface area contributed by atoms with Crippen molar-refractivity contribution in [2.75, 3.05) is 26.8 Å². The average molecular weight is 277 g/mol. The lowest BCUT2D eigenvalue weighted by Crippen LogP contribution is -2.30. The summed E-state index contributed by atoms with van der Waals surface area (Å²) in [5.41, 5.74) is 3.83. The van der Waals surface area contributed by atoms with Crippen molar-refractivity contribution in [2.45, 2.75) is 19.4 Å². The topological polar surface area (TPSA) is 67.6 Å². The zero-order chi connectivity index (χ0) is 14.4. The highest BCUT2D eigenvalue weighted by Gasteiger charge is 2.20. The third-order valence-electron chi connectivity index (χ3n) is 3.44. The van der Waals surface area contributed by atoms with Gasteiger partial charge in [-0.15, -0.1) is 0 Å². The first kappa shape index (κ1) is 15.0. The predicted octanol–water partition coefficient (Wildman–Crippen LogP) is 1.15. The van der Waals surface area contributed by atoms with Gasteiger partial charge in [0.15, 0.2) is 0 Å². The quantitative estimate of drug-likeness (QED) is 0.324. The molecule has 1 amide bonds. The first-order valence-corrected chi connectivity index (χ1v) is 7.05. The number of carbonyl (C=O) groups is 1. The molecule has 0 saturated heterocycles. The number of nitrogens with two attached hydrogens (primary N) is 1. The van der Waals surface area contributed by atoms with Crippen molar-refractivity contribution in [3.63, 3.8) is 0 Å². The van der Waals surface area contributed by atoms with E-state index in [9.17, 15) is 4.79 Å². The van der Waals surface area contributed by atoms with Crippen LogP contribution in [0.2, 0.25) is 0 Å². The SMILES string of the molecule is CN(CCOCC1CC1)Cc1cccc(C(=O)NN)c1. The maximum absolute atomic E-state index is 11.5. The zero-order valence-corrected chi connectivity index (χ0v) is 12.0. The van der Waals surface area contributed by atoms with Crippen molar-refractivity contribution in [3.8, 4) is 0 Å². The Morgan fingerprint density at radius 2 is 2.30 bits per heavy atom. The van der Waals surface area contributed by atoms with E-state index in [0.29, 0.717) is 5.56 Å². The van der Waals surface area contributed by atoms with Crippen LogP contribution in [-0.4, -0.2) is 37.6 Å². The van der Waals surface area contributed by atoms with Crippen molar-refractivity contribution in [1.29, 1.82) is 0 Å². The highest BCUT2D eigenvalue weighted by molar-refractivity contribution is 5.93. The van der Waals surface area contributed by atoms with Crippen molar-refractivity contribution in [2.24, 2.45) is 11.8 Å². The van der Waals surface area contributed by atoms with Crippen LogP contribution in [0.3, 0.4) is 0 Å². The molecule has 1 saturated carbocycles. The van der Waals surface area contributed by atoms with E-state index in [2.05, 4.69) is 17.4 Å². The molecule has 1 aromatic carbocycles. The van der Waals surface area contributed by atoms with E-state index < -0.39 is 0 Å². The standard InChI is InChI=1S/C15H23N3O2/c1-18(7-8-20-11-12-5-6-12)10-13-3-2-4-14(9-13)15(19)17-16/h2-4,9,12H,5-8,10-11,16H2,1H3,(H,17,19). The average Bonchev–Trinajstić information content (AvgIpc) is 3.27. The fourth-order valence-electron chi connectivity index (χ4n) is 2.04. The Labute approximate surface area is 120 Å². The summed E-state index contributed by atoms with van der Waals surface area (Å²) >= 11 is 0. The highest BCUT2D eigenvalue weighted by atomic mass is 16.5. The van der Waals surface area contributed by atoms with Gasteiger partial charge < -0.3 is 4.74 Å². The molecule has 1 aliphatic carbocycles. The van der Waals surface area contributed by atoms with Gasteiger partial charge in [-0.3, -0.25) is 15.1 Å². The van der Waals surface area contributed by atoms with Crippen LogP contribution < -0.4 is 11.3 Å². The Kier molecular flexibility index (Phi) is 5.52. The van der Waals surface area contributed by atoms with Gasteiger partial charge >= 0.3 is 0 Å². The van der Waals surface area contributed by atoms with Gasteiger partial charge in [-0.2, -0.15) is 0 Å². The van der Waals surface area contributed by atoms with E-state index in [4.69, 9.17) is 10.6 Å². The number of carbonyl (C=O) groups excluding carboxylic acids is 1. The Morgan fingerprint density at radius 1 is 1.50 bits per heavy atom. The van der Waals surface area contributed by atoms with Crippen molar-refractivity contribution in [1.82, 2.24) is 10.3 Å². The number of nitrogens with zero attached hydrogens (tertiary/aromatic N) is 1. The minimum absolute atomic E-state index is 0.262. The number of likely N-dealkylation sites (N-methyl/N-ethyl adjacent to an activating group) is 1. The van der Waals surface area contributed by atoms with E-state index in [1.165, 1.54) is 12.8 Å². The molecule has 0 aromatic heterocycles. The number of benzene rings is 1. The molecule has 110 valence electrons. The second kappa shape index (κ2) is 7.38. The Bertz CT molecular complexity index is 446. The van der Waals surface area contributed by atoms with Crippen LogP contribution in [0, 0.1) is 5.92 Å². The number of hydrazine groups is 1. The van der Waals surface area contributed by atoms with Crippen LogP contribution >= 0.6 is 0 Å². The van der Waals surface area contributed by atoms with Gasteiger partial charge in [0.05, 0.1) is 6.61 Å². The summed E-state index contributed by atoms with van der Waals surface area (Å²) in [5, 5.41) is 0. The maximum atomic E-state index is 11.5. The summed E-state index contributed by atoms with van der Waals surface area (Å²) in [6.07, 6.45) is 2.65. The lowest BCUT2D eigenvalue weighted by Gasteiger charge is -2.17. The molecule has 0 atom stereocenters. The van der Waals surface area contributed by atoms with Gasteiger partial charge in [0.1, 0.15) is 0 Å². The number of hydrogen-bond acceptors (Lipinski definition) is 4. The number of amides is 1. The monoisotopic (exact) mass is 277 g/mol. The summed E-state index contributed by atoms with van der Waals surface area (Å²) in [6, 6.07) is 7.50. The summed E-state index contributed by atoms with van der Waals surface area (Å²) in [4.78, 5) is 13.6. The van der Waals surface area contributed by atoms with Crippen molar-refractivity contribution >= 4 is 5.91 Å². The lowest BCUT2D eigenvalue weighted by molar-refractivity contribution is 0.0952. The Hall–Kier alpha value is -1.43. The molecule has 0 aliphatic heterocycles. The molecule has 0 unspecified atom stereocenters. The third-order valence-corrected chi connectivity index (χ3v) is 3.44. The van der Waals surface area contributed by atoms with Gasteiger partial charge in [0.25, 0.3) is 5.91 Å². The van der Waals surface area contributed by atoms with Gasteiger partial charge in [-0.25, -0.2) is 5.84 Å². The zero-order valence-electron chi connectivity index (χ0n) is 12.0. The van der Waals surface area contributed by atoms with E-state index in [1.807, 2.05) is 18.2 Å². The normalized spacial score (nSPS) is 14.6. The minimum Gasteiger partial charge on any atom is -0.380 e. The third kappa shape index (κ3) is 4.92. The van der Waals surface area contributed by atoms with Gasteiger partial charge in [0, 0.05) is 25.3 Å². The molecule has 0 radical (unpaired) electrons. The summed E-state index contributed by atoms with van der Waals surface area (Å²) in [7, 11) is 2.05. The van der Waals surface area contributed by atoms with Crippen LogP contribution in [0.5, 0.6) is 0 Å². The number of hydrogen-bond donors (Lipinski definition) is 2. The van der Waals surface area contributed by atoms with E-state index in [0.717, 1.165) is 37.8 Å². The summed E-state index contributed by atoms with van der Waals surface area (Å²) in [6.45, 7) is 3.34. The maximum Gasteiger partial charge on any atom is 0.265 e. The minimum atomic E-state index is -0.262. The number of ether oxygens (including phenoxy) is 1. The molecule has 0 bridgehead atoms. The molecule has 1 aliphatic rings. The fourth-order valence-corrected chi connectivity index (χ4v) is 2.04. The molecule has 3 N–H and O–H groups in total. The Balaban J connectivity index is 1.74. The second-order valence-electron chi connectivity index (χ2n) is 5.43. The van der Waals surface area contributed by atoms with Crippen molar-refractivity contribution < 1.29 is 9.53 Å². The van der Waals surface area contributed by atoms with Crippen LogP contribution in [0.15, 0.2) is 24.3 Å². The number of nitrogen functional groups attached to an aromatic ring is 1. The van der Waals surface area contributed by atoms with Crippen LogP contribution in [0.4, 0.5) is 0 Å². The van der Waals surface area contributed by atoms with Crippen molar-refractivity contribution in [3.05, 3.63) is 35.4 Å². The van der Waals surface area contributed by atoms with Crippen LogP contribution in [0.1, 0.15) is 28.8 Å². The van der Waals surface area contributed by atoms with Crippen LogP contribution in [-0.2, 0) is 11.3 Å². The molecule has 1 aromatic rings. The molecule has 1 fully saturated rings. The molecular weight excluding hydrogens is 254 g/mol. The highest BCUT2D eigenvalue weighted by Crippen LogP contribution is 2.28. The first-order chi connectivity index (χ1) is 9.69. The van der Waals surface area contributed by atoms with E-state index in [-0.39, 0.29) is 5.91 Å². The van der Waals surface area contributed by atoms with E-state index in [1.54, 1.807) is 6.07 Å². The lowest BCUT2D eigenvalue weighted by atomic mass is 10.1. The van der Waals surface area contributed by atoms with E-state index >= 15 is 0 Å². The molecular formula is C15H23N3O2. The molecule has 2 rings (SSSR count). The largest absolute Gasteiger partial charge is 0.380 e. The number of rotatable bonds is 8. The molecule has 0 spiro atoms. The first-order valence-electron chi connectivity index (χ1n) is 7.05. The van der Waals surface area contributed by atoms with Gasteiger partial charge in [-0.1, -0.05) is 12.1 Å². The molecule has 5 heteroatoms. The fraction of sp³-hybridized carbons (Fsp3) is 0.533. The van der Waals surface area contributed by atoms with Gasteiger partial charge in [0.2, 0.25) is 0 Å². The summed E-state index contributed by atoms with van der Waals surface area (Å²) < 4.78 is 5.62. The molecule has 20 heavy (non-hydrogen) atoms. The second-order valence-corrected chi connectivity index (χ2v) is 5.43. The smallest absolute Gasteiger partial charge is 0.265 e. The van der Waals surface area contributed by atoms with Crippen LogP contribution in [0.25, 0.3) is 0 Å². The van der Waals surface area contributed by atoms with Gasteiger partial charge in [-0.05, 0) is 43.5 Å². The molecule has 0 heterocycles. The Morgan fingerprint density at radius 3 is 3.00 bits per heavy atom. The number of nitrogens with one attached hydrogen (secondary N) is 1. The summed E-state index contributed by atoms with van der Waals surface area (Å²) in [5.74, 6) is 5.69.